The Bertz CT molecular complexity index is 589. The van der Waals surface area contributed by atoms with Gasteiger partial charge in [0, 0.05) is 5.54 Å². The minimum absolute atomic E-state index is 0.0700. The van der Waals surface area contributed by atoms with Crippen molar-refractivity contribution in [1.82, 2.24) is 4.31 Å². The molecule has 9 heteroatoms. The normalized spacial score (nSPS) is 12.9. The van der Waals surface area contributed by atoms with Crippen LogP contribution in [0.2, 0.25) is 0 Å². The predicted octanol–water partition coefficient (Wildman–Crippen LogP) is 3.15. The number of thiophene rings is 1. The molecule has 108 valence electrons. The minimum atomic E-state index is -3.88. The molecule has 1 rings (SSSR count). The second-order valence-electron chi connectivity index (χ2n) is 4.76. The number of halogens is 2. The van der Waals surface area contributed by atoms with Crippen molar-refractivity contribution in [2.75, 3.05) is 6.54 Å². The van der Waals surface area contributed by atoms with Gasteiger partial charge in [-0.3, -0.25) is 4.79 Å². The van der Waals surface area contributed by atoms with Crippen LogP contribution < -0.4 is 0 Å². The number of nitrogens with zero attached hydrogens (tertiary/aromatic N) is 1. The van der Waals surface area contributed by atoms with E-state index >= 15 is 0 Å². The summed E-state index contributed by atoms with van der Waals surface area (Å²) < 4.78 is 27.2. The SMILES string of the molecule is CC(C)(C)N(CC(=O)O)S(=O)(=O)c1cc(Br)sc1Br. The third-order valence-corrected chi connectivity index (χ3v) is 7.09. The summed E-state index contributed by atoms with van der Waals surface area (Å²) in [6.07, 6.45) is 0. The maximum atomic E-state index is 12.6. The molecule has 5 nitrogen and oxygen atoms in total. The molecular formula is C10H13Br2NO4S2. The van der Waals surface area contributed by atoms with Crippen molar-refractivity contribution in [2.24, 2.45) is 0 Å². The fourth-order valence-corrected chi connectivity index (χ4v) is 6.93. The van der Waals surface area contributed by atoms with Crippen LogP contribution in [0.25, 0.3) is 0 Å². The second kappa shape index (κ2) is 5.80. The first-order valence-electron chi connectivity index (χ1n) is 5.15. The van der Waals surface area contributed by atoms with Crippen molar-refractivity contribution in [3.05, 3.63) is 13.6 Å². The molecule has 1 aromatic rings. The maximum absolute atomic E-state index is 12.6. The number of hydrogen-bond donors (Lipinski definition) is 1. The molecule has 0 fully saturated rings. The van der Waals surface area contributed by atoms with Crippen LogP contribution in [-0.4, -0.2) is 35.9 Å². The summed E-state index contributed by atoms with van der Waals surface area (Å²) in [5, 5.41) is 8.91. The maximum Gasteiger partial charge on any atom is 0.318 e. The van der Waals surface area contributed by atoms with E-state index in [0.29, 0.717) is 7.57 Å². The zero-order valence-corrected chi connectivity index (χ0v) is 15.3. The van der Waals surface area contributed by atoms with Crippen molar-refractivity contribution < 1.29 is 18.3 Å². The third-order valence-electron chi connectivity index (χ3n) is 2.22. The first kappa shape index (κ1) is 17.1. The zero-order valence-electron chi connectivity index (χ0n) is 10.5. The molecular weight excluding hydrogens is 422 g/mol. The molecule has 0 saturated carbocycles. The molecule has 0 amide bonds. The number of aliphatic carboxylic acids is 1. The average molecular weight is 435 g/mol. The standard InChI is InChI=1S/C10H13Br2NO4S2/c1-10(2,3)13(5-8(14)15)19(16,17)6-4-7(11)18-9(6)12/h4H,5H2,1-3H3,(H,14,15). The van der Waals surface area contributed by atoms with Crippen LogP contribution in [0.15, 0.2) is 18.5 Å². The van der Waals surface area contributed by atoms with Crippen molar-refractivity contribution in [1.29, 1.82) is 0 Å². The molecule has 0 aliphatic rings. The molecule has 1 heterocycles. The number of carbonyl (C=O) groups is 1. The molecule has 0 bridgehead atoms. The monoisotopic (exact) mass is 433 g/mol. The lowest BCUT2D eigenvalue weighted by Gasteiger charge is -2.32. The number of carboxylic acids is 1. The Balaban J connectivity index is 3.36. The van der Waals surface area contributed by atoms with Crippen LogP contribution in [0.5, 0.6) is 0 Å². The molecule has 19 heavy (non-hydrogen) atoms. The Morgan fingerprint density at radius 1 is 1.42 bits per heavy atom. The van der Waals surface area contributed by atoms with Crippen LogP contribution in [0.3, 0.4) is 0 Å². The molecule has 1 aromatic heterocycles. The van der Waals surface area contributed by atoms with Gasteiger partial charge in [0.2, 0.25) is 10.0 Å². The van der Waals surface area contributed by atoms with Gasteiger partial charge in [0.15, 0.2) is 0 Å². The fourth-order valence-electron chi connectivity index (χ4n) is 1.43. The minimum Gasteiger partial charge on any atom is -0.480 e. The van der Waals surface area contributed by atoms with Crippen molar-refractivity contribution in [3.8, 4) is 0 Å². The van der Waals surface area contributed by atoms with Crippen molar-refractivity contribution >= 4 is 59.2 Å². The van der Waals surface area contributed by atoms with E-state index in [1.54, 1.807) is 20.8 Å². The highest BCUT2D eigenvalue weighted by Crippen LogP contribution is 2.37. The quantitative estimate of drug-likeness (QED) is 0.789. The zero-order chi connectivity index (χ0) is 15.0. The molecule has 0 atom stereocenters. The molecule has 0 aliphatic heterocycles. The Morgan fingerprint density at radius 2 is 1.95 bits per heavy atom. The highest BCUT2D eigenvalue weighted by molar-refractivity contribution is 9.12. The Hall–Kier alpha value is 0.0400. The highest BCUT2D eigenvalue weighted by atomic mass is 79.9. The van der Waals surface area contributed by atoms with E-state index in [1.165, 1.54) is 17.4 Å². The van der Waals surface area contributed by atoms with E-state index in [-0.39, 0.29) is 4.90 Å². The van der Waals surface area contributed by atoms with Crippen LogP contribution >= 0.6 is 43.2 Å². The smallest absolute Gasteiger partial charge is 0.318 e. The van der Waals surface area contributed by atoms with Crippen LogP contribution in [0.4, 0.5) is 0 Å². The molecule has 0 spiro atoms. The van der Waals surface area contributed by atoms with E-state index in [4.69, 9.17) is 5.11 Å². The molecule has 0 aliphatic carbocycles. The van der Waals surface area contributed by atoms with Gasteiger partial charge in [-0.25, -0.2) is 8.42 Å². The van der Waals surface area contributed by atoms with Crippen molar-refractivity contribution in [2.45, 2.75) is 31.2 Å². The van der Waals surface area contributed by atoms with Gasteiger partial charge in [-0.05, 0) is 58.7 Å². The Morgan fingerprint density at radius 3 is 2.26 bits per heavy atom. The van der Waals surface area contributed by atoms with E-state index in [1.807, 2.05) is 0 Å². The van der Waals surface area contributed by atoms with Gasteiger partial charge in [0.1, 0.15) is 11.4 Å². The second-order valence-corrected chi connectivity index (χ2v) is 10.3. The molecule has 0 radical (unpaired) electrons. The first-order valence-corrected chi connectivity index (χ1v) is 9.00. The van der Waals surface area contributed by atoms with Crippen LogP contribution in [0, 0.1) is 0 Å². The van der Waals surface area contributed by atoms with E-state index in [0.717, 1.165) is 4.31 Å². The van der Waals surface area contributed by atoms with Gasteiger partial charge >= 0.3 is 5.97 Å². The summed E-state index contributed by atoms with van der Waals surface area (Å²) in [5.74, 6) is -1.19. The average Bonchev–Trinajstić information content (AvgIpc) is 2.53. The summed E-state index contributed by atoms with van der Waals surface area (Å²) in [7, 11) is -3.88. The molecule has 0 saturated heterocycles. The van der Waals surface area contributed by atoms with E-state index in [2.05, 4.69) is 31.9 Å². The lowest BCUT2D eigenvalue weighted by molar-refractivity contribution is -0.138. The third kappa shape index (κ3) is 4.01. The summed E-state index contributed by atoms with van der Waals surface area (Å²) in [6.45, 7) is 4.39. The van der Waals surface area contributed by atoms with Gasteiger partial charge in [-0.2, -0.15) is 4.31 Å². The number of carboxylic acid groups (broad SMARTS) is 1. The van der Waals surface area contributed by atoms with Gasteiger partial charge in [-0.15, -0.1) is 11.3 Å². The van der Waals surface area contributed by atoms with E-state index < -0.39 is 28.1 Å². The molecule has 0 unspecified atom stereocenters. The topological polar surface area (TPSA) is 74.7 Å². The first-order chi connectivity index (χ1) is 8.46. The largest absolute Gasteiger partial charge is 0.480 e. The van der Waals surface area contributed by atoms with E-state index in [9.17, 15) is 13.2 Å². The number of rotatable bonds is 4. The molecule has 0 aromatic carbocycles. The predicted molar refractivity (Wildman–Crippen MR) is 81.0 cm³/mol. The van der Waals surface area contributed by atoms with Crippen molar-refractivity contribution in [3.63, 3.8) is 0 Å². The van der Waals surface area contributed by atoms with Gasteiger partial charge in [0.25, 0.3) is 0 Å². The Kier molecular flexibility index (Phi) is 5.22. The van der Waals surface area contributed by atoms with Gasteiger partial charge in [0.05, 0.1) is 7.57 Å². The van der Waals surface area contributed by atoms with Crippen LogP contribution in [0.1, 0.15) is 20.8 Å². The number of hydrogen-bond acceptors (Lipinski definition) is 4. The lowest BCUT2D eigenvalue weighted by atomic mass is 10.1. The fraction of sp³-hybridized carbons (Fsp3) is 0.500. The highest BCUT2D eigenvalue weighted by Gasteiger charge is 2.37. The van der Waals surface area contributed by atoms with Gasteiger partial charge < -0.3 is 5.11 Å². The van der Waals surface area contributed by atoms with Crippen LogP contribution in [-0.2, 0) is 14.8 Å². The Labute approximate surface area is 132 Å². The molecule has 1 N–H and O–H groups in total. The summed E-state index contributed by atoms with van der Waals surface area (Å²) in [5.41, 5.74) is -0.828. The summed E-state index contributed by atoms with van der Waals surface area (Å²) in [6, 6.07) is 1.46. The van der Waals surface area contributed by atoms with Gasteiger partial charge in [-0.1, -0.05) is 0 Å². The number of sulfonamides is 1. The lowest BCUT2D eigenvalue weighted by Crippen LogP contribution is -2.48. The summed E-state index contributed by atoms with van der Waals surface area (Å²) >= 11 is 7.63. The summed E-state index contributed by atoms with van der Waals surface area (Å²) in [4.78, 5) is 11.0.